The van der Waals surface area contributed by atoms with Crippen LogP contribution in [0.3, 0.4) is 0 Å². The van der Waals surface area contributed by atoms with Gasteiger partial charge in [-0.15, -0.1) is 0 Å². The van der Waals surface area contributed by atoms with Gasteiger partial charge in [0.15, 0.2) is 5.82 Å². The largest absolute Gasteiger partial charge is 0.355 e. The Hall–Kier alpha value is -2.73. The molecular weight excluding hydrogens is 386 g/mol. The van der Waals surface area contributed by atoms with E-state index in [1.54, 1.807) is 12.4 Å². The van der Waals surface area contributed by atoms with Crippen LogP contribution < -0.4 is 5.32 Å². The third kappa shape index (κ3) is 4.32. The van der Waals surface area contributed by atoms with Crippen molar-refractivity contribution in [2.24, 2.45) is 0 Å². The van der Waals surface area contributed by atoms with E-state index in [4.69, 9.17) is 11.6 Å². The summed E-state index contributed by atoms with van der Waals surface area (Å²) in [5, 5.41) is 11.0. The van der Waals surface area contributed by atoms with Crippen LogP contribution >= 0.6 is 11.6 Å². The number of nitrogens with one attached hydrogen (secondary N) is 2. The van der Waals surface area contributed by atoms with Gasteiger partial charge >= 0.3 is 0 Å². The smallest absolute Gasteiger partial charge is 0.230 e. The van der Waals surface area contributed by atoms with E-state index in [1.165, 1.54) is 6.42 Å². The number of carbonyl (C=O) groups is 1. The van der Waals surface area contributed by atoms with E-state index in [-0.39, 0.29) is 5.91 Å². The quantitative estimate of drug-likeness (QED) is 0.642. The number of halogens is 1. The van der Waals surface area contributed by atoms with Gasteiger partial charge in [-0.1, -0.05) is 43.0 Å². The second kappa shape index (κ2) is 8.74. The standard InChI is InChI=1S/C22H24ClN5O/c23-18-6-4-17(5-7-18)22(11-2-1-3-12-22)21(29)25-15-10-19-26-20(28-27-19)16-8-13-24-14-9-16/h4-9,13-14H,1-3,10-12,15H2,(H,25,29)(H,26,27,28). The summed E-state index contributed by atoms with van der Waals surface area (Å²) in [5.41, 5.74) is 1.50. The van der Waals surface area contributed by atoms with Crippen LogP contribution in [0.15, 0.2) is 48.8 Å². The van der Waals surface area contributed by atoms with Gasteiger partial charge in [-0.3, -0.25) is 14.9 Å². The minimum absolute atomic E-state index is 0.0911. The lowest BCUT2D eigenvalue weighted by Gasteiger charge is -2.36. The van der Waals surface area contributed by atoms with E-state index in [2.05, 4.69) is 25.5 Å². The molecule has 1 aromatic carbocycles. The molecule has 2 aromatic heterocycles. The molecule has 0 radical (unpaired) electrons. The van der Waals surface area contributed by atoms with Gasteiger partial charge in [0.05, 0.1) is 5.41 Å². The lowest BCUT2D eigenvalue weighted by atomic mass is 9.68. The van der Waals surface area contributed by atoms with Gasteiger partial charge in [-0.2, -0.15) is 5.10 Å². The van der Waals surface area contributed by atoms with E-state index in [0.29, 0.717) is 23.8 Å². The first-order valence-electron chi connectivity index (χ1n) is 10.0. The van der Waals surface area contributed by atoms with Crippen LogP contribution in [0.2, 0.25) is 5.02 Å². The Kier molecular flexibility index (Phi) is 5.90. The van der Waals surface area contributed by atoms with Gasteiger partial charge in [0.1, 0.15) is 5.82 Å². The third-order valence-corrected chi connectivity index (χ3v) is 5.91. The summed E-state index contributed by atoms with van der Waals surface area (Å²) < 4.78 is 0. The maximum absolute atomic E-state index is 13.2. The molecule has 2 heterocycles. The lowest BCUT2D eigenvalue weighted by Crippen LogP contribution is -2.46. The third-order valence-electron chi connectivity index (χ3n) is 5.66. The minimum Gasteiger partial charge on any atom is -0.355 e. The monoisotopic (exact) mass is 409 g/mol. The number of hydrogen-bond acceptors (Lipinski definition) is 4. The van der Waals surface area contributed by atoms with Gasteiger partial charge in [-0.25, -0.2) is 4.98 Å². The van der Waals surface area contributed by atoms with Gasteiger partial charge in [-0.05, 0) is 42.7 Å². The first kappa shape index (κ1) is 19.6. The summed E-state index contributed by atoms with van der Waals surface area (Å²) in [4.78, 5) is 21.7. The minimum atomic E-state index is -0.466. The van der Waals surface area contributed by atoms with Gasteiger partial charge in [0, 0.05) is 35.9 Å². The molecule has 0 saturated heterocycles. The summed E-state index contributed by atoms with van der Waals surface area (Å²) in [6.45, 7) is 0.513. The molecule has 29 heavy (non-hydrogen) atoms. The predicted octanol–water partition coefficient (Wildman–Crippen LogP) is 4.08. The average Bonchev–Trinajstić information content (AvgIpc) is 3.24. The van der Waals surface area contributed by atoms with Crippen molar-refractivity contribution in [1.82, 2.24) is 25.5 Å². The first-order valence-corrected chi connectivity index (χ1v) is 10.4. The summed E-state index contributed by atoms with van der Waals surface area (Å²) in [7, 11) is 0. The fourth-order valence-electron chi connectivity index (χ4n) is 4.07. The van der Waals surface area contributed by atoms with Crippen LogP contribution in [0.25, 0.3) is 11.4 Å². The molecule has 1 fully saturated rings. The van der Waals surface area contributed by atoms with E-state index >= 15 is 0 Å². The van der Waals surface area contributed by atoms with Crippen molar-refractivity contribution in [3.8, 4) is 11.4 Å². The van der Waals surface area contributed by atoms with Crippen LogP contribution in [0.5, 0.6) is 0 Å². The van der Waals surface area contributed by atoms with E-state index < -0.39 is 5.41 Å². The second-order valence-electron chi connectivity index (χ2n) is 7.50. The SMILES string of the molecule is O=C(NCCc1nc(-c2ccncc2)n[nH]1)C1(c2ccc(Cl)cc2)CCCCC1. The zero-order valence-electron chi connectivity index (χ0n) is 16.2. The molecule has 1 saturated carbocycles. The lowest BCUT2D eigenvalue weighted by molar-refractivity contribution is -0.128. The summed E-state index contributed by atoms with van der Waals surface area (Å²) in [5.74, 6) is 1.48. The molecule has 7 heteroatoms. The zero-order chi connectivity index (χ0) is 20.1. The van der Waals surface area contributed by atoms with Crippen molar-refractivity contribution >= 4 is 17.5 Å². The van der Waals surface area contributed by atoms with E-state index in [9.17, 15) is 4.79 Å². The normalized spacial score (nSPS) is 15.8. The summed E-state index contributed by atoms with van der Waals surface area (Å²) >= 11 is 6.05. The summed E-state index contributed by atoms with van der Waals surface area (Å²) in [6.07, 6.45) is 9.07. The van der Waals surface area contributed by atoms with Crippen LogP contribution in [0, 0.1) is 0 Å². The zero-order valence-corrected chi connectivity index (χ0v) is 17.0. The highest BCUT2D eigenvalue weighted by molar-refractivity contribution is 6.30. The molecule has 0 bridgehead atoms. The Bertz CT molecular complexity index is 949. The summed E-state index contributed by atoms with van der Waals surface area (Å²) in [6, 6.07) is 11.5. The highest BCUT2D eigenvalue weighted by Gasteiger charge is 2.40. The number of carbonyl (C=O) groups excluding carboxylic acids is 1. The molecule has 1 aliphatic rings. The second-order valence-corrected chi connectivity index (χ2v) is 7.93. The van der Waals surface area contributed by atoms with Crippen LogP contribution in [0.1, 0.15) is 43.5 Å². The molecule has 3 aromatic rings. The molecule has 150 valence electrons. The van der Waals surface area contributed by atoms with Crippen LogP contribution in [0.4, 0.5) is 0 Å². The predicted molar refractivity (Wildman–Crippen MR) is 113 cm³/mol. The Morgan fingerprint density at radius 2 is 1.79 bits per heavy atom. The fourth-order valence-corrected chi connectivity index (χ4v) is 4.20. The number of nitrogens with zero attached hydrogens (tertiary/aromatic N) is 3. The Morgan fingerprint density at radius 3 is 2.52 bits per heavy atom. The van der Waals surface area contributed by atoms with Crippen molar-refractivity contribution in [2.45, 2.75) is 43.9 Å². The Morgan fingerprint density at radius 1 is 1.07 bits per heavy atom. The van der Waals surface area contributed by atoms with Crippen molar-refractivity contribution in [3.05, 3.63) is 65.2 Å². The van der Waals surface area contributed by atoms with Crippen molar-refractivity contribution in [3.63, 3.8) is 0 Å². The molecule has 0 aliphatic heterocycles. The van der Waals surface area contributed by atoms with Crippen molar-refractivity contribution in [1.29, 1.82) is 0 Å². The van der Waals surface area contributed by atoms with E-state index in [0.717, 1.165) is 42.6 Å². The maximum Gasteiger partial charge on any atom is 0.230 e. The molecular formula is C22H24ClN5O. The fraction of sp³-hybridized carbons (Fsp3) is 0.364. The Labute approximate surface area is 175 Å². The van der Waals surface area contributed by atoms with Crippen molar-refractivity contribution < 1.29 is 4.79 Å². The maximum atomic E-state index is 13.2. The Balaban J connectivity index is 1.41. The van der Waals surface area contributed by atoms with Crippen LogP contribution in [-0.2, 0) is 16.6 Å². The number of aromatic amines is 1. The highest BCUT2D eigenvalue weighted by atomic mass is 35.5. The highest BCUT2D eigenvalue weighted by Crippen LogP contribution is 2.40. The number of H-pyrrole nitrogens is 1. The first-order chi connectivity index (χ1) is 14.2. The number of rotatable bonds is 6. The molecule has 1 amide bonds. The number of aromatic nitrogens is 4. The number of amides is 1. The van der Waals surface area contributed by atoms with Gasteiger partial charge in [0.25, 0.3) is 0 Å². The van der Waals surface area contributed by atoms with Crippen molar-refractivity contribution in [2.75, 3.05) is 6.54 Å². The number of pyridine rings is 1. The molecule has 2 N–H and O–H groups in total. The average molecular weight is 410 g/mol. The van der Waals surface area contributed by atoms with Crippen LogP contribution in [-0.4, -0.2) is 32.6 Å². The molecule has 4 rings (SSSR count). The molecule has 0 spiro atoms. The molecule has 6 nitrogen and oxygen atoms in total. The topological polar surface area (TPSA) is 83.6 Å². The molecule has 1 aliphatic carbocycles. The number of hydrogen-bond donors (Lipinski definition) is 2. The van der Waals surface area contributed by atoms with Gasteiger partial charge < -0.3 is 5.32 Å². The number of benzene rings is 1. The molecule has 0 atom stereocenters. The molecule has 0 unspecified atom stereocenters. The van der Waals surface area contributed by atoms with E-state index in [1.807, 2.05) is 36.4 Å². The van der Waals surface area contributed by atoms with Gasteiger partial charge in [0.2, 0.25) is 5.91 Å².